The molecule has 1 aromatic heterocycles. The van der Waals surface area contributed by atoms with Crippen molar-refractivity contribution in [3.05, 3.63) is 53.9 Å². The molecule has 1 saturated carbocycles. The van der Waals surface area contributed by atoms with Crippen LogP contribution in [0.15, 0.2) is 36.7 Å². The highest BCUT2D eigenvalue weighted by atomic mass is 19.1. The maximum atomic E-state index is 13.8. The van der Waals surface area contributed by atoms with Gasteiger partial charge in [0, 0.05) is 37.3 Å². The van der Waals surface area contributed by atoms with Gasteiger partial charge >= 0.3 is 0 Å². The molecule has 4 rings (SSSR count). The molecule has 4 nitrogen and oxygen atoms in total. The average molecular weight is 299 g/mol. The molecule has 1 fully saturated rings. The molecule has 1 amide bonds. The summed E-state index contributed by atoms with van der Waals surface area (Å²) in [5.41, 5.74) is 0.670. The summed E-state index contributed by atoms with van der Waals surface area (Å²) in [6.07, 6.45) is 6.30. The maximum Gasteiger partial charge on any atom is 0.224 e. The molecule has 1 N–H and O–H groups in total. The highest BCUT2D eigenvalue weighted by Crippen LogP contribution is 2.48. The average Bonchev–Trinajstić information content (AvgIpc) is 3.18. The van der Waals surface area contributed by atoms with Crippen LogP contribution < -0.4 is 5.32 Å². The van der Waals surface area contributed by atoms with Crippen molar-refractivity contribution in [2.75, 3.05) is 0 Å². The zero-order valence-corrected chi connectivity index (χ0v) is 12.2. The number of carbonyl (C=O) groups excluding carboxylic acids is 1. The van der Waals surface area contributed by atoms with Crippen LogP contribution in [0.3, 0.4) is 0 Å². The highest BCUT2D eigenvalue weighted by molar-refractivity contribution is 5.83. The summed E-state index contributed by atoms with van der Waals surface area (Å²) in [7, 11) is 0. The zero-order chi connectivity index (χ0) is 15.1. The van der Waals surface area contributed by atoms with Crippen LogP contribution in [0.2, 0.25) is 0 Å². The van der Waals surface area contributed by atoms with Crippen LogP contribution in [0.5, 0.6) is 0 Å². The van der Waals surface area contributed by atoms with Crippen LogP contribution in [-0.4, -0.2) is 21.5 Å². The summed E-state index contributed by atoms with van der Waals surface area (Å²) < 4.78 is 15.9. The van der Waals surface area contributed by atoms with Gasteiger partial charge in [-0.05, 0) is 30.4 Å². The molecule has 1 aliphatic heterocycles. The van der Waals surface area contributed by atoms with E-state index in [1.165, 1.54) is 6.07 Å². The van der Waals surface area contributed by atoms with Crippen molar-refractivity contribution in [1.29, 1.82) is 0 Å². The number of imidazole rings is 1. The minimum absolute atomic E-state index is 0.0357. The Bertz CT molecular complexity index is 711. The van der Waals surface area contributed by atoms with Crippen LogP contribution in [0.25, 0.3) is 0 Å². The van der Waals surface area contributed by atoms with E-state index in [1.807, 2.05) is 12.3 Å². The summed E-state index contributed by atoms with van der Waals surface area (Å²) in [5, 5.41) is 3.12. The number of amides is 1. The smallest absolute Gasteiger partial charge is 0.224 e. The van der Waals surface area contributed by atoms with E-state index in [1.54, 1.807) is 18.3 Å². The number of hydrogen-bond acceptors (Lipinski definition) is 2. The van der Waals surface area contributed by atoms with Gasteiger partial charge in [0.25, 0.3) is 0 Å². The minimum atomic E-state index is -0.205. The van der Waals surface area contributed by atoms with E-state index in [9.17, 15) is 9.18 Å². The van der Waals surface area contributed by atoms with Gasteiger partial charge in [0.2, 0.25) is 5.91 Å². The third kappa shape index (κ3) is 2.40. The van der Waals surface area contributed by atoms with Gasteiger partial charge in [-0.25, -0.2) is 9.37 Å². The number of hydrogen-bond donors (Lipinski definition) is 1. The third-order valence-corrected chi connectivity index (χ3v) is 4.71. The van der Waals surface area contributed by atoms with Crippen LogP contribution in [-0.2, 0) is 17.8 Å². The molecule has 2 aliphatic rings. The summed E-state index contributed by atoms with van der Waals surface area (Å²) >= 11 is 0. The summed E-state index contributed by atoms with van der Waals surface area (Å²) in [4.78, 5) is 16.6. The second-order valence-electron chi connectivity index (χ2n) is 6.21. The van der Waals surface area contributed by atoms with Crippen molar-refractivity contribution in [1.82, 2.24) is 14.9 Å². The second-order valence-corrected chi connectivity index (χ2v) is 6.21. The van der Waals surface area contributed by atoms with Crippen LogP contribution in [0, 0.1) is 11.7 Å². The molecule has 1 aromatic carbocycles. The lowest BCUT2D eigenvalue weighted by molar-refractivity contribution is -0.123. The number of nitrogens with one attached hydrogen (secondary N) is 1. The Labute approximate surface area is 128 Å². The number of aryl methyl sites for hydroxylation is 1. The van der Waals surface area contributed by atoms with Crippen molar-refractivity contribution in [3.8, 4) is 0 Å². The van der Waals surface area contributed by atoms with Crippen molar-refractivity contribution in [2.24, 2.45) is 5.92 Å². The Morgan fingerprint density at radius 3 is 3.09 bits per heavy atom. The van der Waals surface area contributed by atoms with E-state index in [0.717, 1.165) is 31.6 Å². The topological polar surface area (TPSA) is 46.9 Å². The lowest BCUT2D eigenvalue weighted by Gasteiger charge is -2.24. The molecule has 22 heavy (non-hydrogen) atoms. The van der Waals surface area contributed by atoms with E-state index in [0.29, 0.717) is 5.56 Å². The lowest BCUT2D eigenvalue weighted by atomic mass is 10.1. The predicted octanol–water partition coefficient (Wildman–Crippen LogP) is 2.26. The van der Waals surface area contributed by atoms with Gasteiger partial charge in [0.15, 0.2) is 0 Å². The normalized spacial score (nSPS) is 26.3. The molecular weight excluding hydrogens is 281 g/mol. The van der Waals surface area contributed by atoms with Crippen LogP contribution >= 0.6 is 0 Å². The maximum absolute atomic E-state index is 13.8. The van der Waals surface area contributed by atoms with Gasteiger partial charge in [-0.15, -0.1) is 0 Å². The Morgan fingerprint density at radius 2 is 2.23 bits per heavy atom. The van der Waals surface area contributed by atoms with Crippen molar-refractivity contribution in [2.45, 2.75) is 37.8 Å². The number of aromatic nitrogens is 2. The van der Waals surface area contributed by atoms with Gasteiger partial charge < -0.3 is 9.88 Å². The van der Waals surface area contributed by atoms with Crippen molar-refractivity contribution in [3.63, 3.8) is 0 Å². The van der Waals surface area contributed by atoms with E-state index >= 15 is 0 Å². The van der Waals surface area contributed by atoms with Gasteiger partial charge in [-0.1, -0.05) is 18.2 Å². The first-order chi connectivity index (χ1) is 10.7. The summed E-state index contributed by atoms with van der Waals surface area (Å²) in [6, 6.07) is 6.90. The van der Waals surface area contributed by atoms with Gasteiger partial charge in [0.1, 0.15) is 11.6 Å². The predicted molar refractivity (Wildman–Crippen MR) is 79.7 cm³/mol. The molecule has 0 radical (unpaired) electrons. The zero-order valence-electron chi connectivity index (χ0n) is 12.2. The molecule has 5 heteroatoms. The number of halogens is 1. The first-order valence-electron chi connectivity index (χ1n) is 7.77. The molecule has 0 unspecified atom stereocenters. The Hall–Kier alpha value is -2.17. The molecule has 1 aliphatic carbocycles. The van der Waals surface area contributed by atoms with Crippen molar-refractivity contribution < 1.29 is 9.18 Å². The Morgan fingerprint density at radius 1 is 1.36 bits per heavy atom. The van der Waals surface area contributed by atoms with E-state index in [4.69, 9.17) is 0 Å². The number of rotatable bonds is 3. The van der Waals surface area contributed by atoms with Crippen LogP contribution in [0.1, 0.15) is 30.1 Å². The fraction of sp³-hybridized carbons (Fsp3) is 0.412. The van der Waals surface area contributed by atoms with Gasteiger partial charge in [-0.3, -0.25) is 4.79 Å². The molecule has 2 heterocycles. The first-order valence-corrected chi connectivity index (χ1v) is 7.77. The van der Waals surface area contributed by atoms with Gasteiger partial charge in [-0.2, -0.15) is 0 Å². The molecule has 0 bridgehead atoms. The molecule has 3 atom stereocenters. The molecule has 2 aromatic rings. The van der Waals surface area contributed by atoms with E-state index in [2.05, 4.69) is 14.9 Å². The second kappa shape index (κ2) is 5.23. The molecule has 114 valence electrons. The van der Waals surface area contributed by atoms with Crippen LogP contribution in [0.4, 0.5) is 4.39 Å². The standard InChI is InChI=1S/C17H18FN3O/c18-15-4-2-1-3-12(15)13-9-14(13)17(22)20-11-5-6-16-19-7-8-21(16)10-11/h1-4,7-8,11,13-14H,5-6,9-10H2,(H,20,22)/t11-,13-,14-/m1/s1. The molecule has 0 saturated heterocycles. The SMILES string of the molecule is O=C(N[C@@H]1CCc2nccn2C1)[C@@H]1C[C@@H]1c1ccccc1F. The third-order valence-electron chi connectivity index (χ3n) is 4.71. The van der Waals surface area contributed by atoms with E-state index in [-0.39, 0.29) is 29.6 Å². The van der Waals surface area contributed by atoms with Gasteiger partial charge in [0.05, 0.1) is 0 Å². The largest absolute Gasteiger partial charge is 0.351 e. The fourth-order valence-electron chi connectivity index (χ4n) is 3.40. The summed E-state index contributed by atoms with van der Waals surface area (Å²) in [6.45, 7) is 0.776. The Kier molecular flexibility index (Phi) is 3.21. The minimum Gasteiger partial charge on any atom is -0.351 e. The number of fused-ring (bicyclic) bond motifs is 1. The van der Waals surface area contributed by atoms with E-state index < -0.39 is 0 Å². The Balaban J connectivity index is 1.38. The number of nitrogens with zero attached hydrogens (tertiary/aromatic N) is 2. The lowest BCUT2D eigenvalue weighted by Crippen LogP contribution is -2.41. The molecule has 0 spiro atoms. The van der Waals surface area contributed by atoms with Crippen molar-refractivity contribution >= 4 is 5.91 Å². The molecular formula is C17H18FN3O. The number of benzene rings is 1. The first kappa shape index (κ1) is 13.5. The quantitative estimate of drug-likeness (QED) is 0.945. The monoisotopic (exact) mass is 299 g/mol. The summed E-state index contributed by atoms with van der Waals surface area (Å²) in [5.74, 6) is 0.890. The number of carbonyl (C=O) groups is 1. The highest BCUT2D eigenvalue weighted by Gasteiger charge is 2.45. The fourth-order valence-corrected chi connectivity index (χ4v) is 3.40.